The lowest BCUT2D eigenvalue weighted by Crippen LogP contribution is -2.40. The highest BCUT2D eigenvalue weighted by molar-refractivity contribution is 5.77. The van der Waals surface area contributed by atoms with Gasteiger partial charge in [0.2, 0.25) is 6.10 Å². The molecule has 5 nitrogen and oxygen atoms in total. The van der Waals surface area contributed by atoms with Crippen molar-refractivity contribution in [2.75, 3.05) is 13.1 Å². The largest absolute Gasteiger partial charge is 0.478 e. The average Bonchev–Trinajstić information content (AvgIpc) is 2.48. The maximum Gasteiger partial charge on any atom is 0.410 e. The van der Waals surface area contributed by atoms with Gasteiger partial charge in [0.15, 0.2) is 0 Å². The van der Waals surface area contributed by atoms with Crippen LogP contribution in [0, 0.1) is 0 Å². The minimum absolute atomic E-state index is 0.190. The van der Waals surface area contributed by atoms with Crippen molar-refractivity contribution in [3.63, 3.8) is 0 Å². The molecule has 1 fully saturated rings. The lowest BCUT2D eigenvalue weighted by atomic mass is 10.1. The van der Waals surface area contributed by atoms with E-state index in [1.54, 1.807) is 4.90 Å². The molecule has 1 heterocycles. The fraction of sp³-hybridized carbons (Fsp3) is 0.467. The van der Waals surface area contributed by atoms with Gasteiger partial charge in [0.05, 0.1) is 0 Å². The van der Waals surface area contributed by atoms with Crippen molar-refractivity contribution < 1.29 is 19.4 Å². The number of ether oxygens (including phenoxy) is 1. The summed E-state index contributed by atoms with van der Waals surface area (Å²) < 4.78 is 5.14. The van der Waals surface area contributed by atoms with Gasteiger partial charge in [-0.3, -0.25) is 0 Å². The first-order valence-corrected chi connectivity index (χ1v) is 6.89. The number of nitrogens with zero attached hydrogens (tertiary/aromatic N) is 1. The first-order valence-electron chi connectivity index (χ1n) is 6.89. The van der Waals surface area contributed by atoms with Crippen molar-refractivity contribution >= 4 is 12.1 Å². The Bertz CT molecular complexity index is 454. The fourth-order valence-electron chi connectivity index (χ4n) is 2.28. The number of likely N-dealkylation sites (tertiary alicyclic amines) is 1. The van der Waals surface area contributed by atoms with Crippen LogP contribution in [-0.2, 0) is 16.0 Å². The summed E-state index contributed by atoms with van der Waals surface area (Å²) >= 11 is 0. The molecule has 1 aliphatic heterocycles. The third-order valence-corrected chi connectivity index (χ3v) is 3.40. The van der Waals surface area contributed by atoms with Gasteiger partial charge in [-0.2, -0.15) is 0 Å². The van der Waals surface area contributed by atoms with Crippen LogP contribution in [0.15, 0.2) is 30.3 Å². The molecule has 1 aromatic rings. The van der Waals surface area contributed by atoms with Crippen LogP contribution in [0.5, 0.6) is 0 Å². The Hall–Kier alpha value is -2.04. The third kappa shape index (κ3) is 3.98. The molecule has 0 aromatic heterocycles. The topological polar surface area (TPSA) is 66.8 Å². The zero-order valence-electron chi connectivity index (χ0n) is 11.3. The van der Waals surface area contributed by atoms with E-state index in [0.717, 1.165) is 24.8 Å². The SMILES string of the molecule is O=C(O)[C@H](Cc1ccccc1)OC(=O)N1CCCCC1. The third-order valence-electron chi connectivity index (χ3n) is 3.40. The van der Waals surface area contributed by atoms with Crippen LogP contribution in [0.2, 0.25) is 0 Å². The number of carboxylic acids is 1. The summed E-state index contributed by atoms with van der Waals surface area (Å²) in [7, 11) is 0. The second-order valence-corrected chi connectivity index (χ2v) is 4.95. The summed E-state index contributed by atoms with van der Waals surface area (Å²) in [6.45, 7) is 1.30. The Morgan fingerprint density at radius 1 is 1.15 bits per heavy atom. The Morgan fingerprint density at radius 3 is 2.40 bits per heavy atom. The molecule has 1 saturated heterocycles. The summed E-state index contributed by atoms with van der Waals surface area (Å²) in [6.07, 6.45) is 1.54. The standard InChI is InChI=1S/C15H19NO4/c17-14(18)13(11-12-7-3-1-4-8-12)20-15(19)16-9-5-2-6-10-16/h1,3-4,7-8,13H,2,5-6,9-11H2,(H,17,18)/t13-/m0/s1. The van der Waals surface area contributed by atoms with E-state index in [-0.39, 0.29) is 6.42 Å². The smallest absolute Gasteiger partial charge is 0.410 e. The number of benzene rings is 1. The minimum Gasteiger partial charge on any atom is -0.478 e. The van der Waals surface area contributed by atoms with Gasteiger partial charge in [0.25, 0.3) is 0 Å². The summed E-state index contributed by atoms with van der Waals surface area (Å²) in [5, 5.41) is 9.19. The zero-order chi connectivity index (χ0) is 14.4. The Balaban J connectivity index is 1.95. The molecule has 0 saturated carbocycles. The van der Waals surface area contributed by atoms with Gasteiger partial charge >= 0.3 is 12.1 Å². The number of aliphatic carboxylic acids is 1. The lowest BCUT2D eigenvalue weighted by Gasteiger charge is -2.27. The first kappa shape index (κ1) is 14.4. The maximum absolute atomic E-state index is 11.9. The van der Waals surface area contributed by atoms with E-state index in [9.17, 15) is 14.7 Å². The second-order valence-electron chi connectivity index (χ2n) is 4.95. The van der Waals surface area contributed by atoms with Crippen LogP contribution in [0.4, 0.5) is 4.79 Å². The molecule has 0 bridgehead atoms. The predicted molar refractivity (Wildman–Crippen MR) is 73.5 cm³/mol. The van der Waals surface area contributed by atoms with Crippen molar-refractivity contribution in [3.8, 4) is 0 Å². The molecule has 20 heavy (non-hydrogen) atoms. The highest BCUT2D eigenvalue weighted by Gasteiger charge is 2.26. The molecule has 2 rings (SSSR count). The zero-order valence-corrected chi connectivity index (χ0v) is 11.3. The molecule has 1 aromatic carbocycles. The molecular formula is C15H19NO4. The summed E-state index contributed by atoms with van der Waals surface area (Å²) in [5.74, 6) is -1.11. The number of rotatable bonds is 4. The normalized spacial score (nSPS) is 16.5. The summed E-state index contributed by atoms with van der Waals surface area (Å²) in [6, 6.07) is 9.18. The number of hydrogen-bond acceptors (Lipinski definition) is 3. The molecule has 1 atom stereocenters. The van der Waals surface area contributed by atoms with Gasteiger partial charge in [0.1, 0.15) is 0 Å². The van der Waals surface area contributed by atoms with Crippen molar-refractivity contribution in [1.29, 1.82) is 0 Å². The highest BCUT2D eigenvalue weighted by atomic mass is 16.6. The van der Waals surface area contributed by atoms with E-state index in [1.165, 1.54) is 0 Å². The first-order chi connectivity index (χ1) is 9.66. The predicted octanol–water partition coefficient (Wildman–Crippen LogP) is 2.30. The molecule has 1 aliphatic rings. The van der Waals surface area contributed by atoms with E-state index in [0.29, 0.717) is 13.1 Å². The molecule has 5 heteroatoms. The van der Waals surface area contributed by atoms with Gasteiger partial charge in [-0.15, -0.1) is 0 Å². The fourth-order valence-corrected chi connectivity index (χ4v) is 2.28. The number of carbonyl (C=O) groups excluding carboxylic acids is 1. The van der Waals surface area contributed by atoms with Crippen molar-refractivity contribution in [1.82, 2.24) is 4.90 Å². The second kappa shape index (κ2) is 6.93. The maximum atomic E-state index is 11.9. The van der Waals surface area contributed by atoms with Gasteiger partial charge in [-0.1, -0.05) is 30.3 Å². The minimum atomic E-state index is -1.13. The van der Waals surface area contributed by atoms with Crippen LogP contribution in [0.25, 0.3) is 0 Å². The number of amides is 1. The molecule has 0 radical (unpaired) electrons. The molecular weight excluding hydrogens is 258 g/mol. The van der Waals surface area contributed by atoms with Gasteiger partial charge in [-0.05, 0) is 24.8 Å². The number of carbonyl (C=O) groups is 2. The van der Waals surface area contributed by atoms with E-state index < -0.39 is 18.2 Å². The molecule has 0 spiro atoms. The van der Waals surface area contributed by atoms with Crippen molar-refractivity contribution in [2.45, 2.75) is 31.8 Å². The number of carboxylic acid groups (broad SMARTS) is 1. The average molecular weight is 277 g/mol. The molecule has 1 amide bonds. The van der Waals surface area contributed by atoms with Crippen LogP contribution in [0.3, 0.4) is 0 Å². The summed E-state index contributed by atoms with van der Waals surface area (Å²) in [5.41, 5.74) is 0.839. The van der Waals surface area contributed by atoms with E-state index in [1.807, 2.05) is 30.3 Å². The summed E-state index contributed by atoms with van der Waals surface area (Å²) in [4.78, 5) is 24.8. The molecule has 0 aliphatic carbocycles. The Morgan fingerprint density at radius 2 is 1.80 bits per heavy atom. The van der Waals surface area contributed by atoms with E-state index >= 15 is 0 Å². The number of hydrogen-bond donors (Lipinski definition) is 1. The lowest BCUT2D eigenvalue weighted by molar-refractivity contribution is -0.147. The van der Waals surface area contributed by atoms with Gasteiger partial charge in [-0.25, -0.2) is 9.59 Å². The van der Waals surface area contributed by atoms with E-state index in [4.69, 9.17) is 4.74 Å². The Kier molecular flexibility index (Phi) is 4.98. The molecule has 0 unspecified atom stereocenters. The molecule has 108 valence electrons. The van der Waals surface area contributed by atoms with Crippen LogP contribution in [-0.4, -0.2) is 41.3 Å². The number of piperidine rings is 1. The monoisotopic (exact) mass is 277 g/mol. The van der Waals surface area contributed by atoms with E-state index in [2.05, 4.69) is 0 Å². The molecule has 1 N–H and O–H groups in total. The Labute approximate surface area is 118 Å². The highest BCUT2D eigenvalue weighted by Crippen LogP contribution is 2.13. The van der Waals surface area contributed by atoms with Crippen LogP contribution >= 0.6 is 0 Å². The van der Waals surface area contributed by atoms with Gasteiger partial charge < -0.3 is 14.7 Å². The quantitative estimate of drug-likeness (QED) is 0.917. The van der Waals surface area contributed by atoms with Crippen LogP contribution in [0.1, 0.15) is 24.8 Å². The van der Waals surface area contributed by atoms with Crippen LogP contribution < -0.4 is 0 Å². The van der Waals surface area contributed by atoms with Gasteiger partial charge in [0, 0.05) is 19.5 Å². The van der Waals surface area contributed by atoms with Crippen molar-refractivity contribution in [3.05, 3.63) is 35.9 Å². The van der Waals surface area contributed by atoms with Crippen molar-refractivity contribution in [2.24, 2.45) is 0 Å².